The lowest BCUT2D eigenvalue weighted by Gasteiger charge is -2.32. The molecule has 0 bridgehead atoms. The van der Waals surface area contributed by atoms with Crippen LogP contribution in [-0.4, -0.2) is 72.9 Å². The molecule has 0 saturated carbocycles. The highest BCUT2D eigenvalue weighted by Gasteiger charge is 2.45. The number of amides is 2. The van der Waals surface area contributed by atoms with Crippen LogP contribution in [0.1, 0.15) is 11.1 Å². The monoisotopic (exact) mass is 594 g/mol. The molecule has 10 nitrogen and oxygen atoms in total. The average Bonchev–Trinajstić information content (AvgIpc) is 3.57. The zero-order valence-electron chi connectivity index (χ0n) is 22.6. The Hall–Kier alpha value is -4.36. The number of pyridine rings is 1. The summed E-state index contributed by atoms with van der Waals surface area (Å²) in [6.07, 6.45) is 4.54. The third-order valence-electron chi connectivity index (χ3n) is 6.83. The number of hydrogen-bond donors (Lipinski definition) is 1. The number of anilines is 1. The molecule has 4 aromatic rings. The van der Waals surface area contributed by atoms with Crippen LogP contribution in [0.3, 0.4) is 0 Å². The molecule has 1 N–H and O–H groups in total. The molecule has 2 amide bonds. The summed E-state index contributed by atoms with van der Waals surface area (Å²) in [6.45, 7) is 0.214. The maximum atomic E-state index is 14.8. The van der Waals surface area contributed by atoms with Gasteiger partial charge in [0, 0.05) is 24.9 Å². The minimum Gasteiger partial charge on any atom is -0.492 e. The fourth-order valence-electron chi connectivity index (χ4n) is 4.63. The fourth-order valence-corrected chi connectivity index (χ4v) is 5.66. The van der Waals surface area contributed by atoms with E-state index in [1.165, 1.54) is 17.3 Å². The van der Waals surface area contributed by atoms with Gasteiger partial charge in [-0.05, 0) is 42.3 Å². The number of nitrogens with zero attached hydrogens (tertiary/aromatic N) is 6. The maximum absolute atomic E-state index is 14.8. The Bertz CT molecular complexity index is 1530. The standard InChI is InChI=1S/C29H28F2N6O4S/c1-35(26-4-2-3-11-33-26)12-13-41-22-8-5-20(6-9-22)14-25-27(38)37(28(39)42-25)17-29(40,16-36-19-32-18-34-36)23-10-7-21(30)15-24(23)31/h2-11,15,18-19,25,40H,12-14,16-17H2,1H3. The van der Waals surface area contributed by atoms with Gasteiger partial charge in [-0.25, -0.2) is 23.4 Å². The number of β-amino-alcohol motifs (C(OH)–C–C–N with tert-alkyl or cyclic N) is 1. The van der Waals surface area contributed by atoms with Crippen LogP contribution >= 0.6 is 11.8 Å². The molecule has 13 heteroatoms. The molecule has 1 saturated heterocycles. The number of aromatic nitrogens is 4. The molecule has 0 radical (unpaired) electrons. The number of imide groups is 1. The molecule has 2 atom stereocenters. The smallest absolute Gasteiger partial charge is 0.289 e. The number of carbonyl (C=O) groups excluding carboxylic acids is 2. The van der Waals surface area contributed by atoms with Crippen molar-refractivity contribution >= 4 is 28.7 Å². The zero-order valence-corrected chi connectivity index (χ0v) is 23.5. The molecule has 2 unspecified atom stereocenters. The molecule has 5 rings (SSSR count). The van der Waals surface area contributed by atoms with Crippen LogP contribution in [0, 0.1) is 11.6 Å². The van der Waals surface area contributed by atoms with Gasteiger partial charge < -0.3 is 14.7 Å². The fraction of sp³-hybridized carbons (Fsp3) is 0.276. The van der Waals surface area contributed by atoms with Gasteiger partial charge in [-0.2, -0.15) is 5.10 Å². The lowest BCUT2D eigenvalue weighted by molar-refractivity contribution is -0.130. The number of hydrogen-bond acceptors (Lipinski definition) is 9. The highest BCUT2D eigenvalue weighted by atomic mass is 32.2. The summed E-state index contributed by atoms with van der Waals surface area (Å²) in [6, 6.07) is 15.7. The van der Waals surface area contributed by atoms with Gasteiger partial charge in [-0.3, -0.25) is 14.5 Å². The topological polar surface area (TPSA) is 114 Å². The van der Waals surface area contributed by atoms with Gasteiger partial charge in [0.1, 0.15) is 48.1 Å². The van der Waals surface area contributed by atoms with Gasteiger partial charge >= 0.3 is 0 Å². The SMILES string of the molecule is CN(CCOc1ccc(CC2SC(=O)N(CC(O)(Cn3cncn3)c3ccc(F)cc3F)C2=O)cc1)c1ccccn1. The van der Waals surface area contributed by atoms with Crippen molar-refractivity contribution in [3.63, 3.8) is 0 Å². The predicted molar refractivity (Wildman–Crippen MR) is 152 cm³/mol. The van der Waals surface area contributed by atoms with Crippen LogP contribution in [0.25, 0.3) is 0 Å². The number of ether oxygens (including phenoxy) is 1. The summed E-state index contributed by atoms with van der Waals surface area (Å²) in [5, 5.41) is 14.2. The van der Waals surface area contributed by atoms with Crippen molar-refractivity contribution in [1.82, 2.24) is 24.6 Å². The second-order valence-electron chi connectivity index (χ2n) is 9.85. The molecule has 3 heterocycles. The molecule has 218 valence electrons. The quantitative estimate of drug-likeness (QED) is 0.263. The van der Waals surface area contributed by atoms with E-state index in [1.807, 2.05) is 42.3 Å². The van der Waals surface area contributed by atoms with Crippen LogP contribution in [-0.2, 0) is 23.4 Å². The van der Waals surface area contributed by atoms with Gasteiger partial charge in [-0.15, -0.1) is 0 Å². The normalized spacial score (nSPS) is 16.5. The van der Waals surface area contributed by atoms with E-state index in [4.69, 9.17) is 4.74 Å². The molecular weight excluding hydrogens is 566 g/mol. The van der Waals surface area contributed by atoms with Crippen LogP contribution in [0.15, 0.2) is 79.5 Å². The summed E-state index contributed by atoms with van der Waals surface area (Å²) < 4.78 is 35.5. The van der Waals surface area contributed by atoms with Crippen molar-refractivity contribution < 1.29 is 28.2 Å². The second kappa shape index (κ2) is 12.7. The third kappa shape index (κ3) is 6.74. The Morgan fingerprint density at radius 3 is 2.60 bits per heavy atom. The highest BCUT2D eigenvalue weighted by Crippen LogP contribution is 2.35. The Kier molecular flexibility index (Phi) is 8.78. The van der Waals surface area contributed by atoms with E-state index in [-0.39, 0.29) is 18.5 Å². The van der Waals surface area contributed by atoms with Gasteiger partial charge in [0.25, 0.3) is 5.24 Å². The summed E-state index contributed by atoms with van der Waals surface area (Å²) in [4.78, 5) is 37.2. The number of carbonyl (C=O) groups is 2. The highest BCUT2D eigenvalue weighted by molar-refractivity contribution is 8.15. The summed E-state index contributed by atoms with van der Waals surface area (Å²) >= 11 is 0.841. The summed E-state index contributed by atoms with van der Waals surface area (Å²) in [5.41, 5.74) is -1.54. The van der Waals surface area contributed by atoms with E-state index >= 15 is 0 Å². The third-order valence-corrected chi connectivity index (χ3v) is 7.90. The molecule has 2 aromatic heterocycles. The second-order valence-corrected chi connectivity index (χ2v) is 11.0. The first-order valence-electron chi connectivity index (χ1n) is 13.1. The molecule has 2 aromatic carbocycles. The van der Waals surface area contributed by atoms with E-state index in [0.29, 0.717) is 25.0 Å². The molecule has 42 heavy (non-hydrogen) atoms. The zero-order chi connectivity index (χ0) is 29.7. The Balaban J connectivity index is 1.22. The van der Waals surface area contributed by atoms with Crippen molar-refractivity contribution in [1.29, 1.82) is 0 Å². The Labute approximate surface area is 244 Å². The van der Waals surface area contributed by atoms with Gasteiger partial charge in [-0.1, -0.05) is 36.0 Å². The van der Waals surface area contributed by atoms with Crippen LogP contribution in [0.4, 0.5) is 19.4 Å². The van der Waals surface area contributed by atoms with Crippen molar-refractivity contribution in [3.05, 3.63) is 102 Å². The van der Waals surface area contributed by atoms with E-state index in [0.717, 1.165) is 40.2 Å². The average molecular weight is 595 g/mol. The number of halogens is 2. The van der Waals surface area contributed by atoms with Crippen molar-refractivity contribution in [2.75, 3.05) is 31.6 Å². The van der Waals surface area contributed by atoms with E-state index in [9.17, 15) is 23.5 Å². The van der Waals surface area contributed by atoms with E-state index in [1.54, 1.807) is 18.3 Å². The van der Waals surface area contributed by atoms with Crippen molar-refractivity contribution in [3.8, 4) is 5.75 Å². The Morgan fingerprint density at radius 1 is 1.10 bits per heavy atom. The summed E-state index contributed by atoms with van der Waals surface area (Å²) in [5.74, 6) is -0.834. The minimum atomic E-state index is -2.09. The predicted octanol–water partition coefficient (Wildman–Crippen LogP) is 3.66. The van der Waals surface area contributed by atoms with Crippen molar-refractivity contribution in [2.24, 2.45) is 0 Å². The summed E-state index contributed by atoms with van der Waals surface area (Å²) in [7, 11) is 1.93. The largest absolute Gasteiger partial charge is 0.492 e. The lowest BCUT2D eigenvalue weighted by Crippen LogP contribution is -2.47. The van der Waals surface area contributed by atoms with Crippen molar-refractivity contribution in [2.45, 2.75) is 23.8 Å². The van der Waals surface area contributed by atoms with E-state index < -0.39 is 40.2 Å². The maximum Gasteiger partial charge on any atom is 0.289 e. The molecule has 0 spiro atoms. The lowest BCUT2D eigenvalue weighted by atomic mass is 9.92. The first-order chi connectivity index (χ1) is 20.2. The first-order valence-corrected chi connectivity index (χ1v) is 14.0. The number of benzene rings is 2. The van der Waals surface area contributed by atoms with E-state index in [2.05, 4.69) is 15.1 Å². The first kappa shape index (κ1) is 29.1. The number of thioether (sulfide) groups is 1. The molecule has 1 fully saturated rings. The number of rotatable bonds is 12. The van der Waals surface area contributed by atoms with Gasteiger partial charge in [0.05, 0.1) is 24.9 Å². The Morgan fingerprint density at radius 2 is 1.90 bits per heavy atom. The van der Waals surface area contributed by atoms with Gasteiger partial charge in [0.2, 0.25) is 5.91 Å². The molecular formula is C29H28F2N6O4S. The van der Waals surface area contributed by atoms with Crippen LogP contribution in [0.5, 0.6) is 5.75 Å². The van der Waals surface area contributed by atoms with Crippen LogP contribution in [0.2, 0.25) is 0 Å². The number of likely N-dealkylation sites (N-methyl/N-ethyl adjacent to an activating group) is 1. The molecule has 1 aliphatic heterocycles. The number of aliphatic hydroxyl groups is 1. The molecule has 1 aliphatic rings. The minimum absolute atomic E-state index is 0.265. The van der Waals surface area contributed by atoms with Crippen LogP contribution < -0.4 is 9.64 Å². The van der Waals surface area contributed by atoms with Gasteiger partial charge in [0.15, 0.2) is 0 Å². The molecule has 0 aliphatic carbocycles.